The van der Waals surface area contributed by atoms with E-state index in [2.05, 4.69) is 10.6 Å². The number of carboxylic acid groups (broad SMARTS) is 1. The molecule has 0 aliphatic carbocycles. The molecule has 1 atom stereocenters. The van der Waals surface area contributed by atoms with Crippen LogP contribution in [0.2, 0.25) is 10.0 Å². The van der Waals surface area contributed by atoms with Gasteiger partial charge in [-0.05, 0) is 12.1 Å². The second kappa shape index (κ2) is 7.18. The van der Waals surface area contributed by atoms with Gasteiger partial charge in [0.2, 0.25) is 0 Å². The number of nitrogens with one attached hydrogen (secondary N) is 2. The number of amides is 2. The van der Waals surface area contributed by atoms with E-state index < -0.39 is 18.0 Å². The van der Waals surface area contributed by atoms with Crippen molar-refractivity contribution in [2.45, 2.75) is 12.5 Å². The zero-order valence-electron chi connectivity index (χ0n) is 9.69. The Morgan fingerprint density at radius 2 is 1.84 bits per heavy atom. The summed E-state index contributed by atoms with van der Waals surface area (Å²) in [6.07, 6.45) is -0.0982. The van der Waals surface area contributed by atoms with Gasteiger partial charge in [-0.1, -0.05) is 29.3 Å². The fourth-order valence-electron chi connectivity index (χ4n) is 1.31. The number of urea groups is 1. The van der Waals surface area contributed by atoms with Crippen molar-refractivity contribution in [1.82, 2.24) is 5.32 Å². The molecule has 1 rings (SSSR count). The summed E-state index contributed by atoms with van der Waals surface area (Å²) in [5.41, 5.74) is 0.191. The van der Waals surface area contributed by atoms with Crippen LogP contribution in [0.1, 0.15) is 6.42 Å². The maximum Gasteiger partial charge on any atom is 0.326 e. The van der Waals surface area contributed by atoms with Crippen LogP contribution in [0.15, 0.2) is 18.2 Å². The van der Waals surface area contributed by atoms with Crippen molar-refractivity contribution in [3.63, 3.8) is 0 Å². The average Bonchev–Trinajstić information content (AvgIpc) is 2.33. The van der Waals surface area contributed by atoms with Crippen molar-refractivity contribution >= 4 is 40.9 Å². The molecular weight excluding hydrogens is 295 g/mol. The minimum absolute atomic E-state index is 0.0982. The highest BCUT2D eigenvalue weighted by atomic mass is 35.5. The first-order valence-electron chi connectivity index (χ1n) is 5.31. The van der Waals surface area contributed by atoms with Gasteiger partial charge in [-0.3, -0.25) is 0 Å². The number of hydrogen-bond donors (Lipinski definition) is 4. The van der Waals surface area contributed by atoms with Gasteiger partial charge >= 0.3 is 12.0 Å². The van der Waals surface area contributed by atoms with E-state index in [4.69, 9.17) is 33.4 Å². The normalized spacial score (nSPS) is 11.7. The van der Waals surface area contributed by atoms with Crippen molar-refractivity contribution < 1.29 is 19.8 Å². The molecule has 0 aliphatic rings. The Bertz CT molecular complexity index is 462. The molecule has 0 aliphatic heterocycles. The zero-order valence-corrected chi connectivity index (χ0v) is 11.2. The Morgan fingerprint density at radius 3 is 2.32 bits per heavy atom. The summed E-state index contributed by atoms with van der Waals surface area (Å²) in [5.74, 6) is -1.24. The first kappa shape index (κ1) is 15.6. The summed E-state index contributed by atoms with van der Waals surface area (Å²) in [4.78, 5) is 22.4. The van der Waals surface area contributed by atoms with E-state index in [1.807, 2.05) is 0 Å². The van der Waals surface area contributed by atoms with Crippen molar-refractivity contribution in [2.24, 2.45) is 0 Å². The Kier molecular flexibility index (Phi) is 5.88. The zero-order chi connectivity index (χ0) is 14.4. The Hall–Kier alpha value is -1.50. The molecule has 0 heterocycles. The van der Waals surface area contributed by atoms with Crippen LogP contribution in [0.5, 0.6) is 0 Å². The van der Waals surface area contributed by atoms with Crippen LogP contribution in [0.3, 0.4) is 0 Å². The lowest BCUT2D eigenvalue weighted by Crippen LogP contribution is -2.43. The van der Waals surface area contributed by atoms with Crippen LogP contribution >= 0.6 is 23.2 Å². The van der Waals surface area contributed by atoms with E-state index in [-0.39, 0.29) is 28.8 Å². The first-order chi connectivity index (χ1) is 8.95. The molecular formula is C11H12Cl2N2O4. The van der Waals surface area contributed by atoms with Gasteiger partial charge in [0.1, 0.15) is 6.04 Å². The molecule has 19 heavy (non-hydrogen) atoms. The highest BCUT2D eigenvalue weighted by Crippen LogP contribution is 2.29. The topological polar surface area (TPSA) is 98.7 Å². The summed E-state index contributed by atoms with van der Waals surface area (Å²) in [6.45, 7) is -0.357. The third-order valence-electron chi connectivity index (χ3n) is 2.22. The number of para-hydroxylation sites is 1. The molecule has 0 radical (unpaired) electrons. The molecule has 0 saturated heterocycles. The van der Waals surface area contributed by atoms with E-state index in [1.54, 1.807) is 6.07 Å². The number of aliphatic carboxylic acids is 1. The lowest BCUT2D eigenvalue weighted by Gasteiger charge is -2.15. The quantitative estimate of drug-likeness (QED) is 0.668. The largest absolute Gasteiger partial charge is 0.480 e. The van der Waals surface area contributed by atoms with Crippen molar-refractivity contribution in [2.75, 3.05) is 11.9 Å². The highest BCUT2D eigenvalue weighted by Gasteiger charge is 2.20. The molecule has 2 amide bonds. The van der Waals surface area contributed by atoms with E-state index >= 15 is 0 Å². The molecule has 0 bridgehead atoms. The summed E-state index contributed by atoms with van der Waals surface area (Å²) >= 11 is 11.7. The minimum atomic E-state index is -1.24. The molecule has 6 nitrogen and oxygen atoms in total. The first-order valence-corrected chi connectivity index (χ1v) is 6.06. The number of hydrogen-bond acceptors (Lipinski definition) is 3. The lowest BCUT2D eigenvalue weighted by atomic mass is 10.2. The summed E-state index contributed by atoms with van der Waals surface area (Å²) in [7, 11) is 0. The molecule has 1 unspecified atom stereocenters. The van der Waals surface area contributed by atoms with Gasteiger partial charge in [0.15, 0.2) is 0 Å². The maximum atomic E-state index is 11.6. The average molecular weight is 307 g/mol. The van der Waals surface area contributed by atoms with Crippen LogP contribution < -0.4 is 10.6 Å². The number of halogens is 2. The number of carbonyl (C=O) groups excluding carboxylic acids is 1. The van der Waals surface area contributed by atoms with Crippen LogP contribution in [-0.4, -0.2) is 34.9 Å². The van der Waals surface area contributed by atoms with Gasteiger partial charge in [0.05, 0.1) is 15.7 Å². The molecule has 0 aromatic heterocycles. The number of rotatable bonds is 5. The van der Waals surface area contributed by atoms with Crippen molar-refractivity contribution in [1.29, 1.82) is 0 Å². The fourth-order valence-corrected chi connectivity index (χ4v) is 1.80. The summed E-state index contributed by atoms with van der Waals surface area (Å²) in [5, 5.41) is 22.5. The number of anilines is 1. The summed E-state index contributed by atoms with van der Waals surface area (Å²) < 4.78 is 0. The standard InChI is InChI=1S/C11H12Cl2N2O4/c12-6-2-1-3-7(13)9(6)15-11(19)14-8(4-5-16)10(17)18/h1-3,8,16H,4-5H2,(H,17,18)(H2,14,15,19). The Labute approximate surface area is 119 Å². The maximum absolute atomic E-state index is 11.6. The van der Waals surface area contributed by atoms with E-state index in [9.17, 15) is 9.59 Å². The molecule has 104 valence electrons. The smallest absolute Gasteiger partial charge is 0.326 e. The minimum Gasteiger partial charge on any atom is -0.480 e. The lowest BCUT2D eigenvalue weighted by molar-refractivity contribution is -0.139. The van der Waals surface area contributed by atoms with Crippen LogP contribution in [0.25, 0.3) is 0 Å². The molecule has 1 aromatic carbocycles. The number of benzene rings is 1. The van der Waals surface area contributed by atoms with E-state index in [1.165, 1.54) is 12.1 Å². The SMILES string of the molecule is O=C(Nc1c(Cl)cccc1Cl)NC(CCO)C(=O)O. The third-order valence-corrected chi connectivity index (χ3v) is 2.85. The molecule has 8 heteroatoms. The number of carbonyl (C=O) groups is 2. The van der Waals surface area contributed by atoms with Gasteiger partial charge in [-0.2, -0.15) is 0 Å². The fraction of sp³-hybridized carbons (Fsp3) is 0.273. The number of carboxylic acids is 1. The van der Waals surface area contributed by atoms with Crippen LogP contribution in [0.4, 0.5) is 10.5 Å². The van der Waals surface area contributed by atoms with Gasteiger partial charge < -0.3 is 20.8 Å². The van der Waals surface area contributed by atoms with Crippen molar-refractivity contribution in [3.05, 3.63) is 28.2 Å². The van der Waals surface area contributed by atoms with Crippen LogP contribution in [-0.2, 0) is 4.79 Å². The van der Waals surface area contributed by atoms with Crippen molar-refractivity contribution in [3.8, 4) is 0 Å². The second-order valence-corrected chi connectivity index (χ2v) is 4.41. The molecule has 0 spiro atoms. The third kappa shape index (κ3) is 4.59. The summed E-state index contributed by atoms with van der Waals surface area (Å²) in [6, 6.07) is 2.72. The van der Waals surface area contributed by atoms with Gasteiger partial charge in [0.25, 0.3) is 0 Å². The Morgan fingerprint density at radius 1 is 1.26 bits per heavy atom. The molecule has 4 N–H and O–H groups in total. The number of aliphatic hydroxyl groups is 1. The highest BCUT2D eigenvalue weighted by molar-refractivity contribution is 6.39. The van der Waals surface area contributed by atoms with Gasteiger partial charge in [-0.15, -0.1) is 0 Å². The number of aliphatic hydroxyl groups excluding tert-OH is 1. The van der Waals surface area contributed by atoms with Gasteiger partial charge in [0, 0.05) is 13.0 Å². The second-order valence-electron chi connectivity index (χ2n) is 3.60. The van der Waals surface area contributed by atoms with E-state index in [0.717, 1.165) is 0 Å². The Balaban J connectivity index is 2.72. The molecule has 0 fully saturated rings. The van der Waals surface area contributed by atoms with E-state index in [0.29, 0.717) is 0 Å². The van der Waals surface area contributed by atoms with Gasteiger partial charge in [-0.25, -0.2) is 9.59 Å². The monoisotopic (exact) mass is 306 g/mol. The molecule has 1 aromatic rings. The predicted octanol–water partition coefficient (Wildman–Crippen LogP) is 1.95. The van der Waals surface area contributed by atoms with Crippen LogP contribution in [0, 0.1) is 0 Å². The molecule has 0 saturated carbocycles. The predicted molar refractivity (Wildman–Crippen MR) is 71.7 cm³/mol.